The minimum atomic E-state index is -0.934. The van der Waals surface area contributed by atoms with Crippen molar-refractivity contribution < 1.29 is 19.4 Å². The first-order valence-corrected chi connectivity index (χ1v) is 8.46. The molecule has 2 heterocycles. The maximum Gasteiger partial charge on any atom is 0.317 e. The highest BCUT2D eigenvalue weighted by molar-refractivity contribution is 5.76. The summed E-state index contributed by atoms with van der Waals surface area (Å²) >= 11 is 0. The molecule has 1 saturated heterocycles. The van der Waals surface area contributed by atoms with E-state index in [9.17, 15) is 9.59 Å². The fourth-order valence-electron chi connectivity index (χ4n) is 2.65. The Morgan fingerprint density at radius 3 is 2.69 bits per heavy atom. The van der Waals surface area contributed by atoms with Crippen molar-refractivity contribution in [2.24, 2.45) is 0 Å². The van der Waals surface area contributed by atoms with Crippen LogP contribution in [0.1, 0.15) is 19.4 Å². The van der Waals surface area contributed by atoms with Crippen molar-refractivity contribution in [1.82, 2.24) is 25.2 Å². The standard InChI is InChI=1S/C17H21N5O4/c1-2-26-14-5-3-12(4-6-14)15-11-22(20-19-15)13-9-21(10-13)17(25)18-8-7-16(23)24/h3-6,11,13H,2,7-10H2,1H3,(H,18,25)(H,23,24). The molecule has 0 spiro atoms. The number of likely N-dealkylation sites (tertiary alicyclic amines) is 1. The molecule has 2 aromatic rings. The van der Waals surface area contributed by atoms with Gasteiger partial charge in [0.25, 0.3) is 0 Å². The zero-order valence-corrected chi connectivity index (χ0v) is 14.5. The number of benzene rings is 1. The van der Waals surface area contributed by atoms with Gasteiger partial charge in [0, 0.05) is 25.2 Å². The van der Waals surface area contributed by atoms with Gasteiger partial charge in [0.15, 0.2) is 0 Å². The van der Waals surface area contributed by atoms with Gasteiger partial charge in [-0.2, -0.15) is 0 Å². The molecular weight excluding hydrogens is 338 g/mol. The molecule has 1 aromatic heterocycles. The number of nitrogens with zero attached hydrogens (tertiary/aromatic N) is 4. The Hall–Kier alpha value is -3.10. The van der Waals surface area contributed by atoms with Crippen LogP contribution in [0.3, 0.4) is 0 Å². The summed E-state index contributed by atoms with van der Waals surface area (Å²) in [6.45, 7) is 3.72. The highest BCUT2D eigenvalue weighted by atomic mass is 16.5. The van der Waals surface area contributed by atoms with E-state index >= 15 is 0 Å². The highest BCUT2D eigenvalue weighted by Gasteiger charge is 2.32. The summed E-state index contributed by atoms with van der Waals surface area (Å²) < 4.78 is 7.18. The van der Waals surface area contributed by atoms with Crippen LogP contribution in [0.2, 0.25) is 0 Å². The molecule has 2 N–H and O–H groups in total. The number of aromatic nitrogens is 3. The largest absolute Gasteiger partial charge is 0.494 e. The number of amides is 2. The lowest BCUT2D eigenvalue weighted by molar-refractivity contribution is -0.136. The van der Waals surface area contributed by atoms with E-state index in [2.05, 4.69) is 15.6 Å². The number of nitrogens with one attached hydrogen (secondary N) is 1. The van der Waals surface area contributed by atoms with Crippen molar-refractivity contribution in [1.29, 1.82) is 0 Å². The summed E-state index contributed by atoms with van der Waals surface area (Å²) in [5.74, 6) is -0.122. The minimum Gasteiger partial charge on any atom is -0.494 e. The van der Waals surface area contributed by atoms with Crippen LogP contribution in [0, 0.1) is 0 Å². The van der Waals surface area contributed by atoms with E-state index in [1.54, 1.807) is 9.58 Å². The van der Waals surface area contributed by atoms with Crippen molar-refractivity contribution >= 4 is 12.0 Å². The average molecular weight is 359 g/mol. The van der Waals surface area contributed by atoms with E-state index in [-0.39, 0.29) is 25.0 Å². The zero-order valence-electron chi connectivity index (χ0n) is 14.5. The second kappa shape index (κ2) is 7.85. The number of urea groups is 1. The Labute approximate surface area is 150 Å². The van der Waals surface area contributed by atoms with E-state index in [1.165, 1.54) is 0 Å². The Bertz CT molecular complexity index is 768. The molecule has 0 aliphatic carbocycles. The molecule has 3 rings (SSSR count). The number of carboxylic acid groups (broad SMARTS) is 1. The molecule has 9 heteroatoms. The number of carbonyl (C=O) groups is 2. The summed E-state index contributed by atoms with van der Waals surface area (Å²) in [6, 6.07) is 7.47. The number of aliphatic carboxylic acids is 1. The third-order valence-corrected chi connectivity index (χ3v) is 4.11. The van der Waals surface area contributed by atoms with Gasteiger partial charge in [-0.3, -0.25) is 4.79 Å². The summed E-state index contributed by atoms with van der Waals surface area (Å²) in [6.07, 6.45) is 1.78. The van der Waals surface area contributed by atoms with Crippen LogP contribution in [-0.2, 0) is 4.79 Å². The molecule has 9 nitrogen and oxygen atoms in total. The van der Waals surface area contributed by atoms with Gasteiger partial charge in [0.05, 0.1) is 25.3 Å². The van der Waals surface area contributed by atoms with Crippen LogP contribution < -0.4 is 10.1 Å². The fraction of sp³-hybridized carbons (Fsp3) is 0.412. The molecule has 0 atom stereocenters. The summed E-state index contributed by atoms with van der Waals surface area (Å²) in [7, 11) is 0. The van der Waals surface area contributed by atoms with Crippen molar-refractivity contribution in [3.63, 3.8) is 0 Å². The minimum absolute atomic E-state index is 0.0733. The van der Waals surface area contributed by atoms with Gasteiger partial charge in [0.2, 0.25) is 0 Å². The van der Waals surface area contributed by atoms with E-state index in [0.29, 0.717) is 19.7 Å². The molecule has 1 aromatic carbocycles. The predicted molar refractivity (Wildman–Crippen MR) is 92.9 cm³/mol. The number of rotatable bonds is 7. The number of carbonyl (C=O) groups excluding carboxylic acids is 1. The molecule has 26 heavy (non-hydrogen) atoms. The lowest BCUT2D eigenvalue weighted by Gasteiger charge is -2.38. The quantitative estimate of drug-likeness (QED) is 0.773. The highest BCUT2D eigenvalue weighted by Crippen LogP contribution is 2.24. The number of hydrogen-bond donors (Lipinski definition) is 2. The van der Waals surface area contributed by atoms with Crippen molar-refractivity contribution in [2.45, 2.75) is 19.4 Å². The third kappa shape index (κ3) is 4.11. The van der Waals surface area contributed by atoms with Crippen LogP contribution in [0.25, 0.3) is 11.3 Å². The molecule has 2 amide bonds. The maximum atomic E-state index is 11.9. The van der Waals surface area contributed by atoms with E-state index in [1.807, 2.05) is 37.4 Å². The lowest BCUT2D eigenvalue weighted by atomic mass is 10.1. The smallest absolute Gasteiger partial charge is 0.317 e. The molecule has 1 fully saturated rings. The number of carboxylic acids is 1. The van der Waals surface area contributed by atoms with Gasteiger partial charge < -0.3 is 20.1 Å². The number of hydrogen-bond acceptors (Lipinski definition) is 5. The molecule has 1 aliphatic rings. The van der Waals surface area contributed by atoms with E-state index in [4.69, 9.17) is 9.84 Å². The van der Waals surface area contributed by atoms with Crippen molar-refractivity contribution in [3.8, 4) is 17.0 Å². The topological polar surface area (TPSA) is 110 Å². The first-order chi connectivity index (χ1) is 12.6. The summed E-state index contributed by atoms with van der Waals surface area (Å²) in [5.41, 5.74) is 1.71. The van der Waals surface area contributed by atoms with Crippen molar-refractivity contribution in [3.05, 3.63) is 30.5 Å². The Kier molecular flexibility index (Phi) is 5.35. The second-order valence-corrected chi connectivity index (χ2v) is 5.98. The monoisotopic (exact) mass is 359 g/mol. The molecule has 0 bridgehead atoms. The first-order valence-electron chi connectivity index (χ1n) is 8.46. The van der Waals surface area contributed by atoms with Crippen LogP contribution in [0.15, 0.2) is 30.5 Å². The lowest BCUT2D eigenvalue weighted by Crippen LogP contribution is -2.54. The Morgan fingerprint density at radius 2 is 2.04 bits per heavy atom. The maximum absolute atomic E-state index is 11.9. The molecule has 0 radical (unpaired) electrons. The van der Waals surface area contributed by atoms with Gasteiger partial charge >= 0.3 is 12.0 Å². The van der Waals surface area contributed by atoms with Gasteiger partial charge in [0.1, 0.15) is 11.4 Å². The Balaban J connectivity index is 1.51. The molecular formula is C17H21N5O4. The van der Waals surface area contributed by atoms with Crippen molar-refractivity contribution in [2.75, 3.05) is 26.2 Å². The fourth-order valence-corrected chi connectivity index (χ4v) is 2.65. The third-order valence-electron chi connectivity index (χ3n) is 4.11. The van der Waals surface area contributed by atoms with Crippen LogP contribution >= 0.6 is 0 Å². The molecule has 0 unspecified atom stereocenters. The zero-order chi connectivity index (χ0) is 18.5. The predicted octanol–water partition coefficient (Wildman–Crippen LogP) is 1.38. The van der Waals surface area contributed by atoms with Gasteiger partial charge in [-0.15, -0.1) is 5.10 Å². The SMILES string of the molecule is CCOc1ccc(-c2cn(C3CN(C(=O)NCCC(=O)O)C3)nn2)cc1. The van der Waals surface area contributed by atoms with Crippen LogP contribution in [-0.4, -0.2) is 63.2 Å². The molecule has 0 saturated carbocycles. The first kappa shape index (κ1) is 17.7. The van der Waals surface area contributed by atoms with Gasteiger partial charge in [-0.05, 0) is 31.2 Å². The normalized spacial score (nSPS) is 14.0. The van der Waals surface area contributed by atoms with Crippen LogP contribution in [0.5, 0.6) is 5.75 Å². The summed E-state index contributed by atoms with van der Waals surface area (Å²) in [4.78, 5) is 23.9. The molecule has 1 aliphatic heterocycles. The molecule has 138 valence electrons. The van der Waals surface area contributed by atoms with E-state index in [0.717, 1.165) is 17.0 Å². The Morgan fingerprint density at radius 1 is 1.31 bits per heavy atom. The number of ether oxygens (including phenoxy) is 1. The summed E-state index contributed by atoms with van der Waals surface area (Å²) in [5, 5.41) is 19.5. The van der Waals surface area contributed by atoms with Crippen LogP contribution in [0.4, 0.5) is 4.79 Å². The van der Waals surface area contributed by atoms with Gasteiger partial charge in [-0.1, -0.05) is 5.21 Å². The average Bonchev–Trinajstić information content (AvgIpc) is 3.04. The van der Waals surface area contributed by atoms with Gasteiger partial charge in [-0.25, -0.2) is 9.48 Å². The second-order valence-electron chi connectivity index (χ2n) is 5.98. The van der Waals surface area contributed by atoms with E-state index < -0.39 is 5.97 Å².